The minimum atomic E-state index is -0.512. The standard InChI is InChI=1S/C25H32ClN3O3/c1-25(2,3)32-24(31)27-21-13-15-29(16-14-21)17-22(30)28-23(18-7-5-4-6-8-18)19-9-11-20(26)12-10-19/h4-12,21,23H,13-17H2,1-3H3,(H,27,31)(H,28,30). The van der Waals surface area contributed by atoms with Crippen LogP contribution in [0.15, 0.2) is 54.6 Å². The zero-order chi connectivity index (χ0) is 23.1. The normalized spacial score (nSPS) is 16.2. The van der Waals surface area contributed by atoms with Gasteiger partial charge in [-0.2, -0.15) is 0 Å². The van der Waals surface area contributed by atoms with Crippen LogP contribution in [-0.2, 0) is 9.53 Å². The summed E-state index contributed by atoms with van der Waals surface area (Å²) < 4.78 is 5.33. The molecule has 0 radical (unpaired) electrons. The highest BCUT2D eigenvalue weighted by molar-refractivity contribution is 6.30. The van der Waals surface area contributed by atoms with Crippen molar-refractivity contribution in [2.45, 2.75) is 51.3 Å². The first-order chi connectivity index (χ1) is 15.2. The number of rotatable bonds is 6. The minimum absolute atomic E-state index is 0.0349. The number of likely N-dealkylation sites (tertiary alicyclic amines) is 1. The zero-order valence-electron chi connectivity index (χ0n) is 18.9. The summed E-state index contributed by atoms with van der Waals surface area (Å²) in [6.45, 7) is 7.34. The average Bonchev–Trinajstić information content (AvgIpc) is 2.73. The number of alkyl carbamates (subject to hydrolysis) is 1. The summed E-state index contributed by atoms with van der Waals surface area (Å²) in [6, 6.07) is 17.3. The van der Waals surface area contributed by atoms with Gasteiger partial charge in [-0.05, 0) is 56.9 Å². The highest BCUT2D eigenvalue weighted by Gasteiger charge is 2.25. The Bertz CT molecular complexity index is 889. The lowest BCUT2D eigenvalue weighted by atomic mass is 9.98. The number of carbonyl (C=O) groups is 2. The van der Waals surface area contributed by atoms with Crippen molar-refractivity contribution >= 4 is 23.6 Å². The second kappa shape index (κ2) is 10.8. The van der Waals surface area contributed by atoms with Crippen LogP contribution in [-0.4, -0.2) is 48.2 Å². The summed E-state index contributed by atoms with van der Waals surface area (Å²) >= 11 is 6.04. The van der Waals surface area contributed by atoms with Crippen LogP contribution in [0.3, 0.4) is 0 Å². The maximum atomic E-state index is 12.9. The van der Waals surface area contributed by atoms with E-state index in [2.05, 4.69) is 15.5 Å². The molecule has 2 amide bonds. The van der Waals surface area contributed by atoms with Gasteiger partial charge < -0.3 is 15.4 Å². The molecular weight excluding hydrogens is 426 g/mol. The smallest absolute Gasteiger partial charge is 0.407 e. The molecule has 1 aliphatic rings. The van der Waals surface area contributed by atoms with Gasteiger partial charge in [0.1, 0.15) is 5.60 Å². The molecule has 0 spiro atoms. The summed E-state index contributed by atoms with van der Waals surface area (Å²) in [6.07, 6.45) is 1.18. The van der Waals surface area contributed by atoms with Crippen LogP contribution in [0.25, 0.3) is 0 Å². The monoisotopic (exact) mass is 457 g/mol. The fourth-order valence-electron chi connectivity index (χ4n) is 3.78. The molecule has 0 aromatic heterocycles. The molecule has 3 rings (SSSR count). The lowest BCUT2D eigenvalue weighted by Crippen LogP contribution is -2.48. The molecule has 1 aliphatic heterocycles. The first kappa shape index (κ1) is 24.1. The first-order valence-corrected chi connectivity index (χ1v) is 11.4. The Hall–Kier alpha value is -2.57. The van der Waals surface area contributed by atoms with Crippen molar-refractivity contribution in [3.8, 4) is 0 Å². The SMILES string of the molecule is CC(C)(C)OC(=O)NC1CCN(CC(=O)NC(c2ccccc2)c2ccc(Cl)cc2)CC1. The second-order valence-electron chi connectivity index (χ2n) is 9.16. The van der Waals surface area contributed by atoms with E-state index in [0.29, 0.717) is 11.6 Å². The molecule has 172 valence electrons. The summed E-state index contributed by atoms with van der Waals surface area (Å²) in [7, 11) is 0. The molecule has 6 nitrogen and oxygen atoms in total. The lowest BCUT2D eigenvalue weighted by molar-refractivity contribution is -0.123. The first-order valence-electron chi connectivity index (χ1n) is 11.0. The van der Waals surface area contributed by atoms with Crippen LogP contribution >= 0.6 is 11.6 Å². The van der Waals surface area contributed by atoms with E-state index in [9.17, 15) is 9.59 Å². The number of ether oxygens (including phenoxy) is 1. The van der Waals surface area contributed by atoms with E-state index in [-0.39, 0.29) is 24.1 Å². The summed E-state index contributed by atoms with van der Waals surface area (Å²) in [5.74, 6) is -0.0349. The van der Waals surface area contributed by atoms with Crippen molar-refractivity contribution < 1.29 is 14.3 Å². The van der Waals surface area contributed by atoms with Crippen LogP contribution in [0.5, 0.6) is 0 Å². The number of halogens is 1. The molecule has 7 heteroatoms. The third kappa shape index (κ3) is 7.53. The van der Waals surface area contributed by atoms with Gasteiger partial charge in [-0.3, -0.25) is 9.69 Å². The fraction of sp³-hybridized carbons (Fsp3) is 0.440. The van der Waals surface area contributed by atoms with Crippen molar-refractivity contribution in [2.24, 2.45) is 0 Å². The Labute approximate surface area is 195 Å². The third-order valence-corrected chi connectivity index (χ3v) is 5.57. The molecule has 1 unspecified atom stereocenters. The number of benzene rings is 2. The molecule has 0 aliphatic carbocycles. The van der Waals surface area contributed by atoms with Crippen LogP contribution in [0.4, 0.5) is 4.79 Å². The summed E-state index contributed by atoms with van der Waals surface area (Å²) in [4.78, 5) is 27.0. The van der Waals surface area contributed by atoms with Gasteiger partial charge in [-0.25, -0.2) is 4.79 Å². The van der Waals surface area contributed by atoms with Crippen molar-refractivity contribution in [1.82, 2.24) is 15.5 Å². The van der Waals surface area contributed by atoms with Crippen LogP contribution in [0, 0.1) is 0 Å². The number of piperidine rings is 1. The van der Waals surface area contributed by atoms with Gasteiger partial charge in [0.15, 0.2) is 0 Å². The quantitative estimate of drug-likeness (QED) is 0.668. The predicted molar refractivity (Wildman–Crippen MR) is 127 cm³/mol. The second-order valence-corrected chi connectivity index (χ2v) is 9.60. The van der Waals surface area contributed by atoms with Crippen molar-refractivity contribution in [1.29, 1.82) is 0 Å². The molecular formula is C25H32ClN3O3. The van der Waals surface area contributed by atoms with Gasteiger partial charge in [0.25, 0.3) is 0 Å². The van der Waals surface area contributed by atoms with Gasteiger partial charge in [0.05, 0.1) is 12.6 Å². The van der Waals surface area contributed by atoms with Crippen LogP contribution in [0.2, 0.25) is 5.02 Å². The lowest BCUT2D eigenvalue weighted by Gasteiger charge is -2.32. The zero-order valence-corrected chi connectivity index (χ0v) is 19.7. The van der Waals surface area contributed by atoms with E-state index in [1.165, 1.54) is 0 Å². The van der Waals surface area contributed by atoms with E-state index in [1.807, 2.05) is 75.4 Å². The van der Waals surface area contributed by atoms with Crippen molar-refractivity contribution in [3.05, 3.63) is 70.7 Å². The molecule has 1 heterocycles. The molecule has 32 heavy (non-hydrogen) atoms. The van der Waals surface area contributed by atoms with Gasteiger partial charge >= 0.3 is 6.09 Å². The average molecular weight is 458 g/mol. The number of hydrogen-bond acceptors (Lipinski definition) is 4. The molecule has 2 aromatic carbocycles. The van der Waals surface area contributed by atoms with E-state index >= 15 is 0 Å². The molecule has 1 saturated heterocycles. The predicted octanol–water partition coefficient (Wildman–Crippen LogP) is 4.53. The number of nitrogens with zero attached hydrogens (tertiary/aromatic N) is 1. The Balaban J connectivity index is 1.54. The maximum Gasteiger partial charge on any atom is 0.407 e. The molecule has 2 aromatic rings. The molecule has 2 N–H and O–H groups in total. The Kier molecular flexibility index (Phi) is 8.15. The molecule has 1 atom stereocenters. The molecule has 0 saturated carbocycles. The Morgan fingerprint density at radius 1 is 1.03 bits per heavy atom. The minimum Gasteiger partial charge on any atom is -0.444 e. The fourth-order valence-corrected chi connectivity index (χ4v) is 3.91. The number of carbonyl (C=O) groups excluding carboxylic acids is 2. The van der Waals surface area contributed by atoms with Gasteiger partial charge in [0.2, 0.25) is 5.91 Å². The molecule has 1 fully saturated rings. The topological polar surface area (TPSA) is 70.7 Å². The van der Waals surface area contributed by atoms with Gasteiger partial charge in [0, 0.05) is 24.2 Å². The largest absolute Gasteiger partial charge is 0.444 e. The highest BCUT2D eigenvalue weighted by atomic mass is 35.5. The number of nitrogens with one attached hydrogen (secondary N) is 2. The van der Waals surface area contributed by atoms with E-state index in [4.69, 9.17) is 16.3 Å². The summed E-state index contributed by atoms with van der Waals surface area (Å²) in [5.41, 5.74) is 1.49. The van der Waals surface area contributed by atoms with Crippen molar-refractivity contribution in [3.63, 3.8) is 0 Å². The third-order valence-electron chi connectivity index (χ3n) is 5.32. The highest BCUT2D eigenvalue weighted by Crippen LogP contribution is 2.23. The van der Waals surface area contributed by atoms with Gasteiger partial charge in [-0.1, -0.05) is 54.1 Å². The molecule has 0 bridgehead atoms. The van der Waals surface area contributed by atoms with E-state index in [1.54, 1.807) is 0 Å². The number of amides is 2. The Morgan fingerprint density at radius 3 is 2.22 bits per heavy atom. The Morgan fingerprint density at radius 2 is 1.62 bits per heavy atom. The van der Waals surface area contributed by atoms with Crippen molar-refractivity contribution in [2.75, 3.05) is 19.6 Å². The maximum absolute atomic E-state index is 12.9. The summed E-state index contributed by atoms with van der Waals surface area (Å²) in [5, 5.41) is 6.76. The van der Waals surface area contributed by atoms with Gasteiger partial charge in [-0.15, -0.1) is 0 Å². The van der Waals surface area contributed by atoms with E-state index in [0.717, 1.165) is 37.1 Å². The number of hydrogen-bond donors (Lipinski definition) is 2. The van der Waals surface area contributed by atoms with Crippen LogP contribution in [0.1, 0.15) is 50.8 Å². The van der Waals surface area contributed by atoms with Crippen LogP contribution < -0.4 is 10.6 Å². The van der Waals surface area contributed by atoms with E-state index < -0.39 is 5.60 Å².